The second-order valence-corrected chi connectivity index (χ2v) is 7.43. The van der Waals surface area contributed by atoms with Crippen LogP contribution in [0.5, 0.6) is 0 Å². The number of nitrogens with zero attached hydrogens (tertiary/aromatic N) is 2. The Morgan fingerprint density at radius 2 is 1.79 bits per heavy atom. The molecule has 6 nitrogen and oxygen atoms in total. The molecule has 1 saturated carbocycles. The fourth-order valence-electron chi connectivity index (χ4n) is 3.66. The van der Waals surface area contributed by atoms with Gasteiger partial charge in [-0.15, -0.1) is 0 Å². The third-order valence-corrected chi connectivity index (χ3v) is 5.63. The van der Waals surface area contributed by atoms with Gasteiger partial charge in [-0.05, 0) is 60.4 Å². The molecule has 6 heteroatoms. The van der Waals surface area contributed by atoms with Crippen LogP contribution >= 0.6 is 0 Å². The second-order valence-electron chi connectivity index (χ2n) is 7.43. The molecular formula is C23H24N4O2. The van der Waals surface area contributed by atoms with Gasteiger partial charge < -0.3 is 15.7 Å². The number of anilines is 2. The predicted octanol–water partition coefficient (Wildman–Crippen LogP) is 3.76. The van der Waals surface area contributed by atoms with Gasteiger partial charge in [0, 0.05) is 36.2 Å². The summed E-state index contributed by atoms with van der Waals surface area (Å²) in [6.45, 7) is 0.721. The molecule has 0 spiro atoms. The van der Waals surface area contributed by atoms with Crippen molar-refractivity contribution >= 4 is 17.4 Å². The van der Waals surface area contributed by atoms with Crippen LogP contribution in [-0.4, -0.2) is 27.6 Å². The van der Waals surface area contributed by atoms with Gasteiger partial charge >= 0.3 is 0 Å². The molecule has 3 aromatic rings. The van der Waals surface area contributed by atoms with Crippen LogP contribution in [0.2, 0.25) is 0 Å². The van der Waals surface area contributed by atoms with Crippen molar-refractivity contribution < 1.29 is 9.90 Å². The van der Waals surface area contributed by atoms with Crippen LogP contribution in [0, 0.1) is 0 Å². The molecule has 2 heterocycles. The topological polar surface area (TPSA) is 87.1 Å². The van der Waals surface area contributed by atoms with Gasteiger partial charge in [0.05, 0.1) is 12.2 Å². The molecule has 0 radical (unpaired) electrons. The van der Waals surface area contributed by atoms with Crippen molar-refractivity contribution in [2.75, 3.05) is 17.2 Å². The van der Waals surface area contributed by atoms with Gasteiger partial charge in [-0.25, -0.2) is 4.98 Å². The first-order valence-electron chi connectivity index (χ1n) is 9.81. The van der Waals surface area contributed by atoms with Gasteiger partial charge in [-0.3, -0.25) is 9.78 Å². The number of rotatable bonds is 7. The lowest BCUT2D eigenvalue weighted by Crippen LogP contribution is -2.37. The molecule has 3 N–H and O–H groups in total. The van der Waals surface area contributed by atoms with Crippen LogP contribution in [-0.2, 0) is 12.0 Å². The zero-order chi connectivity index (χ0) is 20.1. The van der Waals surface area contributed by atoms with Crippen molar-refractivity contribution in [3.8, 4) is 0 Å². The highest BCUT2D eigenvalue weighted by Crippen LogP contribution is 2.43. The van der Waals surface area contributed by atoms with Crippen LogP contribution in [0.1, 0.15) is 40.7 Å². The minimum absolute atomic E-state index is 0.101. The van der Waals surface area contributed by atoms with E-state index < -0.39 is 0 Å². The average molecular weight is 388 g/mol. The molecule has 1 aromatic carbocycles. The first-order chi connectivity index (χ1) is 14.2. The third-order valence-electron chi connectivity index (χ3n) is 5.63. The maximum atomic E-state index is 12.8. The number of hydrogen-bond acceptors (Lipinski definition) is 5. The highest BCUT2D eigenvalue weighted by Gasteiger charge is 2.37. The first-order valence-corrected chi connectivity index (χ1v) is 9.81. The Morgan fingerprint density at radius 1 is 1.03 bits per heavy atom. The van der Waals surface area contributed by atoms with Crippen LogP contribution in [0.4, 0.5) is 11.5 Å². The smallest absolute Gasteiger partial charge is 0.259 e. The summed E-state index contributed by atoms with van der Waals surface area (Å²) < 4.78 is 0. The lowest BCUT2D eigenvalue weighted by atomic mass is 9.65. The Hall–Kier alpha value is -3.25. The number of aliphatic hydroxyl groups is 1. The van der Waals surface area contributed by atoms with E-state index in [1.54, 1.807) is 30.7 Å². The SMILES string of the molecule is O=C(Nc1ccc(C2(CO)CCC2)cc1)c1cccnc1NCc1ccncc1. The monoisotopic (exact) mass is 388 g/mol. The zero-order valence-corrected chi connectivity index (χ0v) is 16.1. The molecule has 1 amide bonds. The molecule has 29 heavy (non-hydrogen) atoms. The standard InChI is InChI=1S/C23H24N4O2/c28-16-23(10-2-11-23)18-4-6-19(7-5-18)27-22(29)20-3-1-12-25-21(20)26-15-17-8-13-24-14-9-17/h1,3-9,12-14,28H,2,10-11,15-16H2,(H,25,26)(H,27,29). The molecular weight excluding hydrogens is 364 g/mol. The van der Waals surface area contributed by atoms with Gasteiger partial charge in [0.25, 0.3) is 5.91 Å². The molecule has 4 rings (SSSR count). The van der Waals surface area contributed by atoms with E-state index >= 15 is 0 Å². The van der Waals surface area contributed by atoms with Gasteiger partial charge in [0.1, 0.15) is 5.82 Å². The van der Waals surface area contributed by atoms with E-state index in [0.29, 0.717) is 17.9 Å². The molecule has 0 bridgehead atoms. The predicted molar refractivity (Wildman–Crippen MR) is 113 cm³/mol. The van der Waals surface area contributed by atoms with Gasteiger partial charge in [-0.2, -0.15) is 0 Å². The van der Waals surface area contributed by atoms with Crippen LogP contribution in [0.25, 0.3) is 0 Å². The Labute approximate surface area is 170 Å². The Balaban J connectivity index is 1.44. The van der Waals surface area contributed by atoms with Crippen molar-refractivity contribution in [3.05, 3.63) is 83.8 Å². The molecule has 0 saturated heterocycles. The van der Waals surface area contributed by atoms with E-state index in [1.807, 2.05) is 36.4 Å². The summed E-state index contributed by atoms with van der Waals surface area (Å²) in [4.78, 5) is 21.1. The highest BCUT2D eigenvalue weighted by atomic mass is 16.3. The summed E-state index contributed by atoms with van der Waals surface area (Å²) >= 11 is 0. The van der Waals surface area contributed by atoms with E-state index in [1.165, 1.54) is 0 Å². The molecule has 0 atom stereocenters. The number of carbonyl (C=O) groups is 1. The maximum absolute atomic E-state index is 12.8. The molecule has 0 unspecified atom stereocenters. The van der Waals surface area contributed by atoms with Crippen molar-refractivity contribution in [3.63, 3.8) is 0 Å². The van der Waals surface area contributed by atoms with Crippen LogP contribution in [0.3, 0.4) is 0 Å². The summed E-state index contributed by atoms with van der Waals surface area (Å²) in [5.74, 6) is 0.315. The fourth-order valence-corrected chi connectivity index (χ4v) is 3.66. The number of pyridine rings is 2. The quantitative estimate of drug-likeness (QED) is 0.574. The van der Waals surface area contributed by atoms with Gasteiger partial charge in [-0.1, -0.05) is 18.6 Å². The van der Waals surface area contributed by atoms with Gasteiger partial charge in [0.2, 0.25) is 0 Å². The number of carbonyl (C=O) groups excluding carboxylic acids is 1. The largest absolute Gasteiger partial charge is 0.395 e. The van der Waals surface area contributed by atoms with Crippen molar-refractivity contribution in [1.82, 2.24) is 9.97 Å². The zero-order valence-electron chi connectivity index (χ0n) is 16.1. The van der Waals surface area contributed by atoms with E-state index in [9.17, 15) is 9.90 Å². The lowest BCUT2D eigenvalue weighted by Gasteiger charge is -2.40. The average Bonchev–Trinajstić information content (AvgIpc) is 2.74. The Kier molecular flexibility index (Phi) is 5.53. The van der Waals surface area contributed by atoms with Crippen LogP contribution in [0.15, 0.2) is 67.1 Å². The number of hydrogen-bond donors (Lipinski definition) is 3. The highest BCUT2D eigenvalue weighted by molar-refractivity contribution is 6.07. The van der Waals surface area contributed by atoms with Crippen LogP contribution < -0.4 is 10.6 Å². The summed E-state index contributed by atoms with van der Waals surface area (Å²) in [6, 6.07) is 15.1. The molecule has 0 aliphatic heterocycles. The fraction of sp³-hybridized carbons (Fsp3) is 0.261. The van der Waals surface area contributed by atoms with E-state index in [2.05, 4.69) is 20.6 Å². The van der Waals surface area contributed by atoms with Crippen molar-refractivity contribution in [2.45, 2.75) is 31.2 Å². The summed E-state index contributed by atoms with van der Waals surface area (Å²) in [6.07, 6.45) is 8.30. The van der Waals surface area contributed by atoms with E-state index in [4.69, 9.17) is 0 Å². The Morgan fingerprint density at radius 3 is 2.45 bits per heavy atom. The molecule has 1 aliphatic carbocycles. The first kappa shape index (κ1) is 19.1. The summed E-state index contributed by atoms with van der Waals surface area (Å²) in [5, 5.41) is 15.9. The minimum atomic E-state index is -0.219. The maximum Gasteiger partial charge on any atom is 0.259 e. The number of nitrogens with one attached hydrogen (secondary N) is 2. The third kappa shape index (κ3) is 4.12. The number of aliphatic hydroxyl groups excluding tert-OH is 1. The number of benzene rings is 1. The minimum Gasteiger partial charge on any atom is -0.395 e. The molecule has 2 aromatic heterocycles. The normalized spacial score (nSPS) is 14.7. The number of amides is 1. The molecule has 1 aliphatic rings. The Bertz CT molecular complexity index is 964. The van der Waals surface area contributed by atoms with E-state index in [0.717, 1.165) is 36.1 Å². The second kappa shape index (κ2) is 8.41. The summed E-state index contributed by atoms with van der Waals surface area (Å²) in [7, 11) is 0. The summed E-state index contributed by atoms with van der Waals surface area (Å²) in [5.41, 5.74) is 3.29. The van der Waals surface area contributed by atoms with E-state index in [-0.39, 0.29) is 17.9 Å². The molecule has 1 fully saturated rings. The van der Waals surface area contributed by atoms with Gasteiger partial charge in [0.15, 0.2) is 0 Å². The van der Waals surface area contributed by atoms with Crippen molar-refractivity contribution in [2.24, 2.45) is 0 Å². The van der Waals surface area contributed by atoms with Crippen molar-refractivity contribution in [1.29, 1.82) is 0 Å². The molecule has 148 valence electrons. The number of aromatic nitrogens is 2. The lowest BCUT2D eigenvalue weighted by molar-refractivity contribution is 0.102.